The summed E-state index contributed by atoms with van der Waals surface area (Å²) >= 11 is 0. The minimum Gasteiger partial charge on any atom is -0.496 e. The van der Waals surface area contributed by atoms with E-state index < -0.39 is 5.91 Å². The maximum Gasteiger partial charge on any atom is 0.315 e. The molecule has 0 spiro atoms. The van der Waals surface area contributed by atoms with Crippen molar-refractivity contribution in [2.45, 2.75) is 32.7 Å². The van der Waals surface area contributed by atoms with Crippen molar-refractivity contribution < 1.29 is 14.1 Å². The summed E-state index contributed by atoms with van der Waals surface area (Å²) in [5, 5.41) is 15.3. The number of hydrogen-bond acceptors (Lipinski definition) is 8. The first kappa shape index (κ1) is 25.8. The number of methoxy groups -OCH3 is 1. The fourth-order valence-corrected chi connectivity index (χ4v) is 3.79. The van der Waals surface area contributed by atoms with E-state index in [-0.39, 0.29) is 30.3 Å². The van der Waals surface area contributed by atoms with E-state index in [4.69, 9.17) is 9.26 Å². The maximum atomic E-state index is 12.5. The predicted octanol–water partition coefficient (Wildman–Crippen LogP) is 3.84. The van der Waals surface area contributed by atoms with Gasteiger partial charge < -0.3 is 14.6 Å². The zero-order valence-corrected chi connectivity index (χ0v) is 21.9. The Morgan fingerprint density at radius 3 is 2.59 bits per heavy atom. The summed E-state index contributed by atoms with van der Waals surface area (Å²) in [7, 11) is 3.47. The van der Waals surface area contributed by atoms with Crippen LogP contribution < -0.4 is 10.1 Å². The van der Waals surface area contributed by atoms with Crippen LogP contribution in [0.4, 0.5) is 0 Å². The number of aromatic nitrogens is 7. The van der Waals surface area contributed by atoms with E-state index in [1.807, 2.05) is 70.7 Å². The van der Waals surface area contributed by atoms with Gasteiger partial charge in [0.25, 0.3) is 0 Å². The molecule has 5 aromatic rings. The van der Waals surface area contributed by atoms with Gasteiger partial charge in [0.15, 0.2) is 5.82 Å². The highest BCUT2D eigenvalue weighted by atomic mass is 35.5. The molecule has 4 aromatic heterocycles. The van der Waals surface area contributed by atoms with Gasteiger partial charge in [-0.1, -0.05) is 38.1 Å². The number of aryl methyl sites for hydroxylation is 1. The molecule has 0 saturated heterocycles. The van der Waals surface area contributed by atoms with Gasteiger partial charge in [0.1, 0.15) is 12.1 Å². The summed E-state index contributed by atoms with van der Waals surface area (Å²) in [6, 6.07) is 7.76. The van der Waals surface area contributed by atoms with Crippen molar-refractivity contribution in [3.05, 3.63) is 66.5 Å². The molecule has 192 valence electrons. The Balaban J connectivity index is 0.00000320. The van der Waals surface area contributed by atoms with Crippen molar-refractivity contribution >= 4 is 23.8 Å². The Bertz CT molecular complexity index is 1560. The van der Waals surface area contributed by atoms with Crippen LogP contribution in [-0.4, -0.2) is 47.5 Å². The molecule has 12 heteroatoms. The van der Waals surface area contributed by atoms with Crippen molar-refractivity contribution in [2.24, 2.45) is 7.05 Å². The Labute approximate surface area is 219 Å². The van der Waals surface area contributed by atoms with Crippen molar-refractivity contribution in [3.63, 3.8) is 0 Å². The van der Waals surface area contributed by atoms with Crippen molar-refractivity contribution in [1.29, 1.82) is 0 Å². The summed E-state index contributed by atoms with van der Waals surface area (Å²) < 4.78 is 14.3. The van der Waals surface area contributed by atoms with Gasteiger partial charge in [-0.05, 0) is 12.1 Å². The molecule has 4 heterocycles. The number of hydrogen-bond donors (Lipinski definition) is 1. The van der Waals surface area contributed by atoms with Gasteiger partial charge in [-0.15, -0.1) is 12.4 Å². The van der Waals surface area contributed by atoms with Gasteiger partial charge in [-0.25, -0.2) is 9.50 Å². The average Bonchev–Trinajstić information content (AvgIpc) is 3.60. The Morgan fingerprint density at radius 1 is 1.11 bits per heavy atom. The van der Waals surface area contributed by atoms with E-state index >= 15 is 0 Å². The zero-order chi connectivity index (χ0) is 25.4. The van der Waals surface area contributed by atoms with Crippen LogP contribution in [0.15, 0.2) is 53.7 Å². The lowest BCUT2D eigenvalue weighted by Crippen LogP contribution is -2.24. The van der Waals surface area contributed by atoms with Crippen LogP contribution in [-0.2, 0) is 19.0 Å². The molecule has 0 radical (unpaired) electrons. The standard InChI is InChI=1S/C25H26N8O3.ClH/c1-25(2,3)24-30-23(36-31-24)22(34)26-10-16-7-6-15(9-20(16)35-5)21-19-8-17(13-33(19)29-14-27-21)18-11-28-32(4)12-18;/h6-9,11-14H,10H2,1-5H3,(H,26,34);1H. The highest BCUT2D eigenvalue weighted by Gasteiger charge is 2.24. The Morgan fingerprint density at radius 2 is 1.92 bits per heavy atom. The number of carbonyl (C=O) groups is 1. The number of fused-ring (bicyclic) bond motifs is 1. The van der Waals surface area contributed by atoms with Crippen LogP contribution in [0.2, 0.25) is 0 Å². The first-order valence-electron chi connectivity index (χ1n) is 11.3. The quantitative estimate of drug-likeness (QED) is 0.356. The lowest BCUT2D eigenvalue weighted by Gasteiger charge is -2.12. The second-order valence-corrected chi connectivity index (χ2v) is 9.45. The van der Waals surface area contributed by atoms with Crippen molar-refractivity contribution in [3.8, 4) is 28.1 Å². The average molecular weight is 523 g/mol. The second kappa shape index (κ2) is 10.0. The normalized spacial score (nSPS) is 11.4. The summed E-state index contributed by atoms with van der Waals surface area (Å²) in [4.78, 5) is 21.3. The first-order valence-corrected chi connectivity index (χ1v) is 11.3. The number of ether oxygens (including phenoxy) is 1. The van der Waals surface area contributed by atoms with E-state index in [0.717, 1.165) is 33.5 Å². The van der Waals surface area contributed by atoms with E-state index in [0.29, 0.717) is 11.6 Å². The molecule has 0 atom stereocenters. The third-order valence-electron chi connectivity index (χ3n) is 5.74. The highest BCUT2D eigenvalue weighted by Crippen LogP contribution is 2.31. The largest absolute Gasteiger partial charge is 0.496 e. The van der Waals surface area contributed by atoms with Crippen LogP contribution in [0, 0.1) is 0 Å². The predicted molar refractivity (Wildman–Crippen MR) is 139 cm³/mol. The Hall–Kier alpha value is -4.25. The number of halogens is 1. The molecule has 0 aliphatic heterocycles. The molecule has 11 nitrogen and oxygen atoms in total. The van der Waals surface area contributed by atoms with Gasteiger partial charge >= 0.3 is 11.8 Å². The fraction of sp³-hybridized carbons (Fsp3) is 0.280. The number of nitrogens with one attached hydrogen (secondary N) is 1. The third kappa shape index (κ3) is 5.17. The van der Waals surface area contributed by atoms with E-state index in [9.17, 15) is 4.79 Å². The molecule has 0 bridgehead atoms. The monoisotopic (exact) mass is 522 g/mol. The summed E-state index contributed by atoms with van der Waals surface area (Å²) in [6.45, 7) is 6.08. The van der Waals surface area contributed by atoms with Crippen LogP contribution in [0.5, 0.6) is 5.75 Å². The molecule has 1 amide bonds. The fourth-order valence-electron chi connectivity index (χ4n) is 3.79. The topological polar surface area (TPSA) is 125 Å². The first-order chi connectivity index (χ1) is 17.2. The van der Waals surface area contributed by atoms with Crippen molar-refractivity contribution in [2.75, 3.05) is 7.11 Å². The molecular formula is C25H27ClN8O3. The summed E-state index contributed by atoms with van der Waals surface area (Å²) in [6.07, 6.45) is 7.23. The molecule has 0 aliphatic carbocycles. The van der Waals surface area contributed by atoms with E-state index in [2.05, 4.69) is 30.6 Å². The molecule has 0 fully saturated rings. The van der Waals surface area contributed by atoms with Gasteiger partial charge in [-0.3, -0.25) is 9.48 Å². The van der Waals surface area contributed by atoms with Crippen LogP contribution >= 0.6 is 12.4 Å². The molecule has 0 unspecified atom stereocenters. The number of benzene rings is 1. The minimum atomic E-state index is -0.447. The number of carbonyl (C=O) groups excluding carboxylic acids is 1. The Kier molecular flexibility index (Phi) is 6.99. The van der Waals surface area contributed by atoms with Gasteiger partial charge in [0, 0.05) is 53.7 Å². The maximum absolute atomic E-state index is 12.5. The molecule has 5 rings (SSSR count). The minimum absolute atomic E-state index is 0. The van der Waals surface area contributed by atoms with Crippen LogP contribution in [0.3, 0.4) is 0 Å². The SMILES string of the molecule is COc1cc(-c2ncnn3cc(-c4cnn(C)c4)cc23)ccc1CNC(=O)c1nc(C(C)(C)C)no1.Cl. The number of nitrogens with zero attached hydrogens (tertiary/aromatic N) is 7. The molecule has 1 aromatic carbocycles. The summed E-state index contributed by atoms with van der Waals surface area (Å²) in [5.41, 5.74) is 4.94. The molecule has 0 aliphatic rings. The molecule has 37 heavy (non-hydrogen) atoms. The lowest BCUT2D eigenvalue weighted by molar-refractivity contribution is 0.0906. The lowest BCUT2D eigenvalue weighted by atomic mass is 9.96. The molecular weight excluding hydrogens is 496 g/mol. The zero-order valence-electron chi connectivity index (χ0n) is 21.1. The van der Waals surface area contributed by atoms with Gasteiger partial charge in [-0.2, -0.15) is 15.2 Å². The molecule has 0 saturated carbocycles. The van der Waals surface area contributed by atoms with Crippen LogP contribution in [0.25, 0.3) is 27.9 Å². The van der Waals surface area contributed by atoms with E-state index in [1.54, 1.807) is 16.3 Å². The molecule has 1 N–H and O–H groups in total. The number of amides is 1. The number of rotatable bonds is 6. The van der Waals surface area contributed by atoms with Gasteiger partial charge in [0.05, 0.1) is 24.5 Å². The van der Waals surface area contributed by atoms with Crippen molar-refractivity contribution in [1.82, 2.24) is 39.8 Å². The smallest absolute Gasteiger partial charge is 0.315 e. The van der Waals surface area contributed by atoms with Gasteiger partial charge in [0.2, 0.25) is 0 Å². The van der Waals surface area contributed by atoms with E-state index in [1.165, 1.54) is 6.33 Å². The van der Waals surface area contributed by atoms with Crippen LogP contribution in [0.1, 0.15) is 42.8 Å². The third-order valence-corrected chi connectivity index (χ3v) is 5.74. The highest BCUT2D eigenvalue weighted by molar-refractivity contribution is 5.89. The second-order valence-electron chi connectivity index (χ2n) is 9.45. The summed E-state index contributed by atoms with van der Waals surface area (Å²) in [5.74, 6) is 0.571.